The molecule has 106 valence electrons. The van der Waals surface area contributed by atoms with Crippen LogP contribution in [0.3, 0.4) is 0 Å². The molecule has 1 heterocycles. The molecular formula is C14H27NO3. The maximum Gasteiger partial charge on any atom is 0.158 e. The second-order valence-electron chi connectivity index (χ2n) is 4.75. The minimum absolute atomic E-state index is 0.0993. The zero-order valence-corrected chi connectivity index (χ0v) is 12.0. The lowest BCUT2D eigenvalue weighted by Crippen LogP contribution is -2.42. The fraction of sp³-hybridized carbons (Fsp3) is 0.929. The van der Waals surface area contributed by atoms with Crippen molar-refractivity contribution in [1.82, 2.24) is 4.90 Å². The van der Waals surface area contributed by atoms with Crippen molar-refractivity contribution < 1.29 is 14.3 Å². The van der Waals surface area contributed by atoms with Gasteiger partial charge in [0.1, 0.15) is 5.78 Å². The monoisotopic (exact) mass is 257 g/mol. The van der Waals surface area contributed by atoms with Crippen molar-refractivity contribution in [2.75, 3.05) is 32.8 Å². The lowest BCUT2D eigenvalue weighted by molar-refractivity contribution is -0.143. The molecule has 0 aromatic rings. The Labute approximate surface area is 111 Å². The Bertz CT molecular complexity index is 239. The van der Waals surface area contributed by atoms with Crippen LogP contribution < -0.4 is 0 Å². The smallest absolute Gasteiger partial charge is 0.158 e. The molecular weight excluding hydrogens is 230 g/mol. The van der Waals surface area contributed by atoms with Crippen LogP contribution in [0.1, 0.15) is 40.0 Å². The highest BCUT2D eigenvalue weighted by Gasteiger charge is 2.25. The number of Topliss-reactive ketones (excluding diaryl/α,β-unsaturated/α-hetero) is 1. The average molecular weight is 257 g/mol. The van der Waals surface area contributed by atoms with E-state index in [4.69, 9.17) is 9.47 Å². The summed E-state index contributed by atoms with van der Waals surface area (Å²) >= 11 is 0. The van der Waals surface area contributed by atoms with Gasteiger partial charge in [-0.25, -0.2) is 0 Å². The Kier molecular flexibility index (Phi) is 7.47. The first kappa shape index (κ1) is 15.6. The first-order chi connectivity index (χ1) is 8.71. The van der Waals surface area contributed by atoms with Gasteiger partial charge in [0, 0.05) is 51.6 Å². The van der Waals surface area contributed by atoms with E-state index >= 15 is 0 Å². The molecule has 0 radical (unpaired) electrons. The molecule has 1 aliphatic heterocycles. The minimum Gasteiger partial charge on any atom is -0.353 e. The highest BCUT2D eigenvalue weighted by Crippen LogP contribution is 2.16. The van der Waals surface area contributed by atoms with Crippen LogP contribution in [0.5, 0.6) is 0 Å². The van der Waals surface area contributed by atoms with Gasteiger partial charge >= 0.3 is 0 Å². The predicted molar refractivity (Wildman–Crippen MR) is 71.5 cm³/mol. The van der Waals surface area contributed by atoms with E-state index in [1.165, 1.54) is 0 Å². The highest BCUT2D eigenvalue weighted by atomic mass is 16.7. The third-order valence-corrected chi connectivity index (χ3v) is 3.49. The zero-order valence-electron chi connectivity index (χ0n) is 12.0. The number of likely N-dealkylation sites (tertiary alicyclic amines) is 1. The normalized spacial score (nSPS) is 21.8. The maximum atomic E-state index is 11.6. The number of hydrogen-bond acceptors (Lipinski definition) is 4. The first-order valence-corrected chi connectivity index (χ1v) is 7.19. The van der Waals surface area contributed by atoms with Gasteiger partial charge in [-0.1, -0.05) is 6.92 Å². The van der Waals surface area contributed by atoms with Gasteiger partial charge in [-0.05, 0) is 20.3 Å². The third kappa shape index (κ3) is 5.04. The predicted octanol–water partition coefficient (Wildman–Crippen LogP) is 2.08. The Morgan fingerprint density at radius 1 is 1.28 bits per heavy atom. The Morgan fingerprint density at radius 3 is 2.50 bits per heavy atom. The van der Waals surface area contributed by atoms with Gasteiger partial charge in [-0.3, -0.25) is 4.79 Å². The Balaban J connectivity index is 2.31. The van der Waals surface area contributed by atoms with Gasteiger partial charge in [0.25, 0.3) is 0 Å². The van der Waals surface area contributed by atoms with E-state index < -0.39 is 0 Å². The summed E-state index contributed by atoms with van der Waals surface area (Å²) in [7, 11) is 0. The van der Waals surface area contributed by atoms with Crippen LogP contribution in [0.15, 0.2) is 0 Å². The summed E-state index contributed by atoms with van der Waals surface area (Å²) in [5.74, 6) is 0.663. The summed E-state index contributed by atoms with van der Waals surface area (Å²) in [4.78, 5) is 14.0. The molecule has 1 saturated heterocycles. The second kappa shape index (κ2) is 8.62. The standard InChI is InChI=1S/C14H27NO3/c1-4-12-11-15(9-7-13(12)16)10-8-14(17-5-2)18-6-3/h12,14H,4-11H2,1-3H3. The Morgan fingerprint density at radius 2 is 1.94 bits per heavy atom. The summed E-state index contributed by atoms with van der Waals surface area (Å²) in [6.45, 7) is 10.2. The molecule has 0 saturated carbocycles. The number of rotatable bonds is 8. The molecule has 1 unspecified atom stereocenters. The van der Waals surface area contributed by atoms with E-state index in [9.17, 15) is 4.79 Å². The number of ketones is 1. The second-order valence-corrected chi connectivity index (χ2v) is 4.75. The van der Waals surface area contributed by atoms with Crippen molar-refractivity contribution in [1.29, 1.82) is 0 Å². The van der Waals surface area contributed by atoms with Crippen LogP contribution in [-0.2, 0) is 14.3 Å². The molecule has 0 aromatic carbocycles. The number of carbonyl (C=O) groups is 1. The fourth-order valence-corrected chi connectivity index (χ4v) is 2.41. The molecule has 18 heavy (non-hydrogen) atoms. The van der Waals surface area contributed by atoms with E-state index in [-0.39, 0.29) is 12.2 Å². The van der Waals surface area contributed by atoms with Crippen molar-refractivity contribution in [2.24, 2.45) is 5.92 Å². The molecule has 1 atom stereocenters. The Hall–Kier alpha value is -0.450. The number of ether oxygens (including phenoxy) is 2. The summed E-state index contributed by atoms with van der Waals surface area (Å²) < 4.78 is 11.1. The van der Waals surface area contributed by atoms with Crippen LogP contribution in [0, 0.1) is 5.92 Å². The molecule has 1 fully saturated rings. The largest absolute Gasteiger partial charge is 0.353 e. The molecule has 4 heteroatoms. The van der Waals surface area contributed by atoms with Crippen LogP contribution in [0.4, 0.5) is 0 Å². The summed E-state index contributed by atoms with van der Waals surface area (Å²) in [6.07, 6.45) is 2.44. The fourth-order valence-electron chi connectivity index (χ4n) is 2.41. The average Bonchev–Trinajstić information content (AvgIpc) is 2.38. The van der Waals surface area contributed by atoms with Crippen molar-refractivity contribution in [2.45, 2.75) is 46.3 Å². The summed E-state index contributed by atoms with van der Waals surface area (Å²) in [5, 5.41) is 0. The van der Waals surface area contributed by atoms with Gasteiger partial charge < -0.3 is 14.4 Å². The van der Waals surface area contributed by atoms with Gasteiger partial charge in [-0.15, -0.1) is 0 Å². The van der Waals surface area contributed by atoms with E-state index in [1.54, 1.807) is 0 Å². The lowest BCUT2D eigenvalue weighted by Gasteiger charge is -2.32. The molecule has 0 amide bonds. The minimum atomic E-state index is -0.0993. The number of carbonyl (C=O) groups excluding carboxylic acids is 1. The summed E-state index contributed by atoms with van der Waals surface area (Å²) in [6, 6.07) is 0. The molecule has 4 nitrogen and oxygen atoms in total. The SMILES string of the molecule is CCOC(CCN1CCC(=O)C(CC)C1)OCC. The van der Waals surface area contributed by atoms with Crippen molar-refractivity contribution in [3.05, 3.63) is 0 Å². The third-order valence-electron chi connectivity index (χ3n) is 3.49. The molecule has 0 aliphatic carbocycles. The number of piperidine rings is 1. The van der Waals surface area contributed by atoms with Crippen molar-refractivity contribution in [3.63, 3.8) is 0 Å². The van der Waals surface area contributed by atoms with Crippen molar-refractivity contribution >= 4 is 5.78 Å². The first-order valence-electron chi connectivity index (χ1n) is 7.19. The van der Waals surface area contributed by atoms with Gasteiger partial charge in [0.05, 0.1) is 0 Å². The van der Waals surface area contributed by atoms with Crippen LogP contribution >= 0.6 is 0 Å². The van der Waals surface area contributed by atoms with Crippen LogP contribution in [-0.4, -0.2) is 49.8 Å². The van der Waals surface area contributed by atoms with Gasteiger partial charge in [0.15, 0.2) is 6.29 Å². The molecule has 1 rings (SSSR count). The van der Waals surface area contributed by atoms with Gasteiger partial charge in [0.2, 0.25) is 0 Å². The number of nitrogens with zero attached hydrogens (tertiary/aromatic N) is 1. The van der Waals surface area contributed by atoms with Crippen LogP contribution in [0.2, 0.25) is 0 Å². The van der Waals surface area contributed by atoms with Crippen molar-refractivity contribution in [3.8, 4) is 0 Å². The lowest BCUT2D eigenvalue weighted by atomic mass is 9.94. The topological polar surface area (TPSA) is 38.8 Å². The molecule has 0 bridgehead atoms. The number of hydrogen-bond donors (Lipinski definition) is 0. The molecule has 0 aromatic heterocycles. The zero-order chi connectivity index (χ0) is 13.4. The molecule has 0 N–H and O–H groups in total. The van der Waals surface area contributed by atoms with Gasteiger partial charge in [-0.2, -0.15) is 0 Å². The highest BCUT2D eigenvalue weighted by molar-refractivity contribution is 5.82. The van der Waals surface area contributed by atoms with E-state index in [2.05, 4.69) is 11.8 Å². The van der Waals surface area contributed by atoms with E-state index in [0.29, 0.717) is 25.4 Å². The molecule has 1 aliphatic rings. The van der Waals surface area contributed by atoms with Crippen LogP contribution in [0.25, 0.3) is 0 Å². The van der Waals surface area contributed by atoms with E-state index in [1.807, 2.05) is 13.8 Å². The maximum absolute atomic E-state index is 11.6. The quantitative estimate of drug-likeness (QED) is 0.624. The van der Waals surface area contributed by atoms with E-state index in [0.717, 1.165) is 32.5 Å². The molecule has 0 spiro atoms. The summed E-state index contributed by atoms with van der Waals surface area (Å²) in [5.41, 5.74) is 0.